The van der Waals surface area contributed by atoms with Crippen molar-refractivity contribution in [3.05, 3.63) is 57.6 Å². The second kappa shape index (κ2) is 9.00. The summed E-state index contributed by atoms with van der Waals surface area (Å²) in [6, 6.07) is 8.55. The van der Waals surface area contributed by atoms with Crippen molar-refractivity contribution in [3.63, 3.8) is 0 Å². The maximum absolute atomic E-state index is 13.0. The molecule has 0 atom stereocenters. The van der Waals surface area contributed by atoms with Crippen LogP contribution in [0.1, 0.15) is 11.1 Å². The van der Waals surface area contributed by atoms with E-state index in [1.807, 2.05) is 6.92 Å². The number of carboxylic acids is 1. The number of hydrogen-bond acceptors (Lipinski definition) is 6. The van der Waals surface area contributed by atoms with Crippen LogP contribution >= 0.6 is 15.9 Å². The van der Waals surface area contributed by atoms with Crippen LogP contribution in [0.25, 0.3) is 6.08 Å². The number of carbonyl (C=O) groups excluding carboxylic acids is 3. The molecule has 2 aromatic carbocycles. The summed E-state index contributed by atoms with van der Waals surface area (Å²) < 4.78 is 11.1. The molecule has 0 aromatic heterocycles. The van der Waals surface area contributed by atoms with Crippen molar-refractivity contribution in [2.75, 3.05) is 18.6 Å². The Balaban J connectivity index is 1.96. The molecule has 2 aromatic rings. The third-order valence-electron chi connectivity index (χ3n) is 4.35. The Morgan fingerprint density at radius 3 is 2.55 bits per heavy atom. The van der Waals surface area contributed by atoms with Crippen molar-refractivity contribution < 1.29 is 33.8 Å². The van der Waals surface area contributed by atoms with Crippen LogP contribution in [0.5, 0.6) is 11.5 Å². The molecule has 0 bridgehead atoms. The average molecular weight is 489 g/mol. The second-order valence-electron chi connectivity index (χ2n) is 6.48. The van der Waals surface area contributed by atoms with E-state index in [0.29, 0.717) is 11.3 Å². The summed E-state index contributed by atoms with van der Waals surface area (Å²) in [5.74, 6) is -2.35. The van der Waals surface area contributed by atoms with Crippen LogP contribution in [0, 0.1) is 6.92 Å². The molecule has 1 heterocycles. The average Bonchev–Trinajstić information content (AvgIpc) is 2.72. The van der Waals surface area contributed by atoms with E-state index in [-0.39, 0.29) is 17.1 Å². The number of halogens is 1. The molecule has 1 aliphatic heterocycles. The van der Waals surface area contributed by atoms with Crippen LogP contribution in [0.15, 0.2) is 46.4 Å². The molecule has 31 heavy (non-hydrogen) atoms. The number of anilines is 1. The topological polar surface area (TPSA) is 122 Å². The Hall–Kier alpha value is -3.66. The number of imide groups is 2. The summed E-state index contributed by atoms with van der Waals surface area (Å²) in [7, 11) is 1.37. The zero-order chi connectivity index (χ0) is 22.7. The number of hydrogen-bond donors (Lipinski definition) is 2. The minimum Gasteiger partial charge on any atom is -0.493 e. The summed E-state index contributed by atoms with van der Waals surface area (Å²) in [5.41, 5.74) is 1.29. The molecule has 160 valence electrons. The fourth-order valence-electron chi connectivity index (χ4n) is 2.86. The third kappa shape index (κ3) is 4.75. The zero-order valence-corrected chi connectivity index (χ0v) is 18.1. The number of methoxy groups -OCH3 is 1. The van der Waals surface area contributed by atoms with E-state index in [2.05, 4.69) is 21.2 Å². The summed E-state index contributed by atoms with van der Waals surface area (Å²) >= 11 is 3.36. The monoisotopic (exact) mass is 488 g/mol. The first kappa shape index (κ1) is 22.0. The van der Waals surface area contributed by atoms with Gasteiger partial charge in [0, 0.05) is 4.47 Å². The molecule has 0 aliphatic carbocycles. The highest BCUT2D eigenvalue weighted by atomic mass is 79.9. The molecule has 4 amide bonds. The number of aryl methyl sites for hydroxylation is 1. The van der Waals surface area contributed by atoms with Crippen LogP contribution in [-0.4, -0.2) is 42.6 Å². The molecule has 10 heteroatoms. The fourth-order valence-corrected chi connectivity index (χ4v) is 3.11. The quantitative estimate of drug-likeness (QED) is 0.473. The SMILES string of the molecule is COc1cc(C=C2C(=O)NC(=O)N(c3ccc(Br)c(C)c3)C2=O)ccc1OCC(=O)O. The Labute approximate surface area is 185 Å². The normalized spacial score (nSPS) is 15.1. The first-order valence-electron chi connectivity index (χ1n) is 8.91. The maximum atomic E-state index is 13.0. The molecular formula is C21H17BrN2O7. The molecule has 0 radical (unpaired) electrons. The standard InChI is InChI=1S/C21H17BrN2O7/c1-11-7-13(4-5-15(11)22)24-20(28)14(19(27)23-21(24)29)8-12-3-6-16(17(9-12)30-2)31-10-18(25)26/h3-9H,10H2,1-2H3,(H,25,26)(H,23,27,29). The largest absolute Gasteiger partial charge is 0.493 e. The number of ether oxygens (including phenoxy) is 2. The number of barbiturate groups is 1. The summed E-state index contributed by atoms with van der Waals surface area (Å²) in [6.07, 6.45) is 1.31. The summed E-state index contributed by atoms with van der Waals surface area (Å²) in [6.45, 7) is 1.25. The van der Waals surface area contributed by atoms with Gasteiger partial charge in [0.2, 0.25) is 0 Å². The highest BCUT2D eigenvalue weighted by molar-refractivity contribution is 9.10. The fraction of sp³-hybridized carbons (Fsp3) is 0.143. The highest BCUT2D eigenvalue weighted by Crippen LogP contribution is 2.30. The van der Waals surface area contributed by atoms with Crippen molar-refractivity contribution in [3.8, 4) is 11.5 Å². The van der Waals surface area contributed by atoms with Gasteiger partial charge < -0.3 is 14.6 Å². The van der Waals surface area contributed by atoms with Crippen molar-refractivity contribution in [1.82, 2.24) is 5.32 Å². The number of benzene rings is 2. The van der Waals surface area contributed by atoms with E-state index in [4.69, 9.17) is 14.6 Å². The second-order valence-corrected chi connectivity index (χ2v) is 7.34. The lowest BCUT2D eigenvalue weighted by molar-refractivity contribution is -0.139. The van der Waals surface area contributed by atoms with Gasteiger partial charge in [0.25, 0.3) is 11.8 Å². The number of urea groups is 1. The van der Waals surface area contributed by atoms with Gasteiger partial charge in [-0.2, -0.15) is 0 Å². The van der Waals surface area contributed by atoms with Gasteiger partial charge in [-0.05, 0) is 54.5 Å². The van der Waals surface area contributed by atoms with Gasteiger partial charge in [-0.1, -0.05) is 22.0 Å². The van der Waals surface area contributed by atoms with Gasteiger partial charge in [0.05, 0.1) is 12.8 Å². The van der Waals surface area contributed by atoms with Gasteiger partial charge in [-0.15, -0.1) is 0 Å². The first-order valence-corrected chi connectivity index (χ1v) is 9.71. The van der Waals surface area contributed by atoms with Crippen LogP contribution in [0.3, 0.4) is 0 Å². The van der Waals surface area contributed by atoms with Gasteiger partial charge in [0.15, 0.2) is 18.1 Å². The zero-order valence-electron chi connectivity index (χ0n) is 16.5. The number of rotatable bonds is 6. The predicted octanol–water partition coefficient (Wildman–Crippen LogP) is 2.90. The molecule has 0 unspecified atom stereocenters. The highest BCUT2D eigenvalue weighted by Gasteiger charge is 2.37. The molecule has 0 saturated carbocycles. The van der Waals surface area contributed by atoms with Crippen molar-refractivity contribution in [2.24, 2.45) is 0 Å². The smallest absolute Gasteiger partial charge is 0.341 e. The van der Waals surface area contributed by atoms with Crippen molar-refractivity contribution >= 4 is 51.5 Å². The minimum absolute atomic E-state index is 0.189. The number of nitrogens with one attached hydrogen (secondary N) is 1. The van der Waals surface area contributed by atoms with Crippen LogP contribution in [0.4, 0.5) is 10.5 Å². The van der Waals surface area contributed by atoms with E-state index >= 15 is 0 Å². The molecular weight excluding hydrogens is 472 g/mol. The molecule has 9 nitrogen and oxygen atoms in total. The molecule has 1 aliphatic rings. The Kier molecular flexibility index (Phi) is 6.40. The molecule has 1 fully saturated rings. The number of carbonyl (C=O) groups is 4. The molecule has 1 saturated heterocycles. The van der Waals surface area contributed by atoms with Crippen LogP contribution in [-0.2, 0) is 14.4 Å². The van der Waals surface area contributed by atoms with Crippen molar-refractivity contribution in [2.45, 2.75) is 6.92 Å². The van der Waals surface area contributed by atoms with Crippen molar-refractivity contribution in [1.29, 1.82) is 0 Å². The van der Waals surface area contributed by atoms with E-state index in [0.717, 1.165) is 14.9 Å². The molecule has 2 N–H and O–H groups in total. The van der Waals surface area contributed by atoms with Gasteiger partial charge in [-0.25, -0.2) is 14.5 Å². The summed E-state index contributed by atoms with van der Waals surface area (Å²) in [5, 5.41) is 10.9. The minimum atomic E-state index is -1.15. The van der Waals surface area contributed by atoms with Gasteiger partial charge >= 0.3 is 12.0 Å². The first-order chi connectivity index (χ1) is 14.7. The lowest BCUT2D eigenvalue weighted by Crippen LogP contribution is -2.54. The Bertz CT molecular complexity index is 1130. The summed E-state index contributed by atoms with van der Waals surface area (Å²) in [4.78, 5) is 49.2. The number of carboxylic acid groups (broad SMARTS) is 1. The van der Waals surface area contributed by atoms with Gasteiger partial charge in [0.1, 0.15) is 5.57 Å². The number of aliphatic carboxylic acids is 1. The van der Waals surface area contributed by atoms with E-state index < -0.39 is 30.4 Å². The van der Waals surface area contributed by atoms with Crippen LogP contribution in [0.2, 0.25) is 0 Å². The van der Waals surface area contributed by atoms with E-state index in [1.165, 1.54) is 31.4 Å². The lowest BCUT2D eigenvalue weighted by Gasteiger charge is -2.26. The van der Waals surface area contributed by atoms with Crippen LogP contribution < -0.4 is 19.7 Å². The van der Waals surface area contributed by atoms with E-state index in [1.54, 1.807) is 18.2 Å². The lowest BCUT2D eigenvalue weighted by atomic mass is 10.1. The Morgan fingerprint density at radius 1 is 1.16 bits per heavy atom. The van der Waals surface area contributed by atoms with Gasteiger partial charge in [-0.3, -0.25) is 14.9 Å². The molecule has 0 spiro atoms. The maximum Gasteiger partial charge on any atom is 0.341 e. The Morgan fingerprint density at radius 2 is 1.90 bits per heavy atom. The number of amides is 4. The predicted molar refractivity (Wildman–Crippen MR) is 114 cm³/mol. The number of nitrogens with zero attached hydrogens (tertiary/aromatic N) is 1. The molecule has 3 rings (SSSR count). The third-order valence-corrected chi connectivity index (χ3v) is 5.24. The van der Waals surface area contributed by atoms with E-state index in [9.17, 15) is 19.2 Å².